The van der Waals surface area contributed by atoms with E-state index in [0.717, 1.165) is 43.3 Å². The second-order valence-corrected chi connectivity index (χ2v) is 6.52. The van der Waals surface area contributed by atoms with Crippen LogP contribution < -0.4 is 5.32 Å². The topological polar surface area (TPSA) is 70.8 Å². The fourth-order valence-electron chi connectivity index (χ4n) is 2.50. The van der Waals surface area contributed by atoms with Crippen LogP contribution in [0.25, 0.3) is 0 Å². The van der Waals surface area contributed by atoms with Crippen molar-refractivity contribution in [3.8, 4) is 0 Å². The number of nitro benzene ring substituents is 1. The van der Waals surface area contributed by atoms with Gasteiger partial charge in [0.05, 0.1) is 11.5 Å². The quantitative estimate of drug-likeness (QED) is 0.272. The molecule has 23 heavy (non-hydrogen) atoms. The minimum absolute atomic E-state index is 0.118. The Balaban J connectivity index is 1.96. The van der Waals surface area contributed by atoms with Crippen molar-refractivity contribution in [2.24, 2.45) is 4.99 Å². The van der Waals surface area contributed by atoms with Gasteiger partial charge in [0.1, 0.15) is 0 Å². The number of hydrogen-bond donors (Lipinski definition) is 1. The van der Waals surface area contributed by atoms with Gasteiger partial charge in [-0.05, 0) is 36.8 Å². The van der Waals surface area contributed by atoms with Gasteiger partial charge < -0.3 is 10.2 Å². The third-order valence-corrected chi connectivity index (χ3v) is 4.47. The minimum Gasteiger partial charge on any atom is -0.356 e. The Morgan fingerprint density at radius 3 is 2.65 bits per heavy atom. The van der Waals surface area contributed by atoms with Gasteiger partial charge in [0.15, 0.2) is 5.96 Å². The number of nitro groups is 1. The number of hydrogen-bond acceptors (Lipinski definition) is 4. The SMILES string of the molecule is CSCCCNC(=NCc1ccc([N+](=O)[O-])cc1)N1CCCC1. The van der Waals surface area contributed by atoms with Crippen molar-refractivity contribution >= 4 is 23.4 Å². The van der Waals surface area contributed by atoms with Crippen LogP contribution in [-0.2, 0) is 6.54 Å². The third-order valence-electron chi connectivity index (χ3n) is 3.77. The van der Waals surface area contributed by atoms with Crippen LogP contribution in [0.15, 0.2) is 29.3 Å². The van der Waals surface area contributed by atoms with Crippen LogP contribution >= 0.6 is 11.8 Å². The number of rotatable bonds is 7. The van der Waals surface area contributed by atoms with Crippen LogP contribution in [0.2, 0.25) is 0 Å². The summed E-state index contributed by atoms with van der Waals surface area (Å²) in [6.07, 6.45) is 5.65. The maximum atomic E-state index is 10.7. The molecule has 126 valence electrons. The highest BCUT2D eigenvalue weighted by Crippen LogP contribution is 2.13. The summed E-state index contributed by atoms with van der Waals surface area (Å²) in [6.45, 7) is 3.57. The molecule has 0 amide bonds. The third kappa shape index (κ3) is 5.74. The van der Waals surface area contributed by atoms with Crippen LogP contribution in [0.1, 0.15) is 24.8 Å². The van der Waals surface area contributed by atoms with E-state index >= 15 is 0 Å². The highest BCUT2D eigenvalue weighted by molar-refractivity contribution is 7.98. The molecule has 7 heteroatoms. The number of benzene rings is 1. The maximum absolute atomic E-state index is 10.7. The molecule has 0 radical (unpaired) electrons. The standard InChI is InChI=1S/C16H24N4O2S/c1-23-12-4-9-17-16(19-10-2-3-11-19)18-13-14-5-7-15(8-6-14)20(21)22/h5-8H,2-4,9-13H2,1H3,(H,17,18). The lowest BCUT2D eigenvalue weighted by atomic mass is 10.2. The van der Waals surface area contributed by atoms with Gasteiger partial charge in [-0.1, -0.05) is 12.1 Å². The van der Waals surface area contributed by atoms with Gasteiger partial charge in [0.25, 0.3) is 5.69 Å². The highest BCUT2D eigenvalue weighted by Gasteiger charge is 2.15. The zero-order chi connectivity index (χ0) is 16.5. The van der Waals surface area contributed by atoms with E-state index in [4.69, 9.17) is 4.99 Å². The van der Waals surface area contributed by atoms with E-state index in [1.165, 1.54) is 25.0 Å². The predicted octanol–water partition coefficient (Wildman–Crippen LogP) is 2.89. The molecule has 0 unspecified atom stereocenters. The molecule has 0 atom stereocenters. The molecule has 1 fully saturated rings. The fourth-order valence-corrected chi connectivity index (χ4v) is 2.94. The molecule has 2 rings (SSSR count). The van der Waals surface area contributed by atoms with E-state index in [1.807, 2.05) is 11.8 Å². The Hall–Kier alpha value is -1.76. The van der Waals surface area contributed by atoms with Crippen molar-refractivity contribution in [1.29, 1.82) is 0 Å². The first-order valence-corrected chi connectivity index (χ1v) is 9.35. The van der Waals surface area contributed by atoms with E-state index in [-0.39, 0.29) is 10.6 Å². The molecule has 0 saturated carbocycles. The minimum atomic E-state index is -0.379. The van der Waals surface area contributed by atoms with Crippen molar-refractivity contribution in [3.63, 3.8) is 0 Å². The Bertz CT molecular complexity index is 527. The number of non-ortho nitro benzene ring substituents is 1. The van der Waals surface area contributed by atoms with Gasteiger partial charge in [-0.15, -0.1) is 0 Å². The smallest absolute Gasteiger partial charge is 0.269 e. The number of aliphatic imine (C=N–C) groups is 1. The van der Waals surface area contributed by atoms with Crippen molar-refractivity contribution in [1.82, 2.24) is 10.2 Å². The molecule has 0 bridgehead atoms. The Kier molecular flexibility index (Phi) is 7.19. The average Bonchev–Trinajstić information content (AvgIpc) is 3.09. The summed E-state index contributed by atoms with van der Waals surface area (Å²) in [4.78, 5) is 17.3. The van der Waals surface area contributed by atoms with Crippen molar-refractivity contribution in [3.05, 3.63) is 39.9 Å². The highest BCUT2D eigenvalue weighted by atomic mass is 32.2. The lowest BCUT2D eigenvalue weighted by molar-refractivity contribution is -0.384. The molecule has 1 saturated heterocycles. The number of nitrogens with zero attached hydrogens (tertiary/aromatic N) is 3. The molecular formula is C16H24N4O2S. The summed E-state index contributed by atoms with van der Waals surface area (Å²) in [6, 6.07) is 6.62. The van der Waals surface area contributed by atoms with E-state index in [1.54, 1.807) is 12.1 Å². The fraction of sp³-hybridized carbons (Fsp3) is 0.562. The Morgan fingerprint density at radius 1 is 1.35 bits per heavy atom. The van der Waals surface area contributed by atoms with Crippen LogP contribution in [0.4, 0.5) is 5.69 Å². The van der Waals surface area contributed by atoms with E-state index in [9.17, 15) is 10.1 Å². The van der Waals surface area contributed by atoms with Crippen LogP contribution in [0.5, 0.6) is 0 Å². The molecule has 0 aliphatic carbocycles. The van der Waals surface area contributed by atoms with Gasteiger partial charge in [-0.2, -0.15) is 11.8 Å². The number of thioether (sulfide) groups is 1. The summed E-state index contributed by atoms with van der Waals surface area (Å²) >= 11 is 1.85. The lowest BCUT2D eigenvalue weighted by Crippen LogP contribution is -2.40. The molecule has 1 aromatic carbocycles. The average molecular weight is 336 g/mol. The molecular weight excluding hydrogens is 312 g/mol. The monoisotopic (exact) mass is 336 g/mol. The van der Waals surface area contributed by atoms with Crippen LogP contribution in [0.3, 0.4) is 0 Å². The van der Waals surface area contributed by atoms with Gasteiger partial charge >= 0.3 is 0 Å². The number of nitrogens with one attached hydrogen (secondary N) is 1. The molecule has 1 aromatic rings. The van der Waals surface area contributed by atoms with Crippen LogP contribution in [-0.4, -0.2) is 47.4 Å². The molecule has 1 N–H and O–H groups in total. The molecule has 0 aromatic heterocycles. The Labute approximate surface area is 141 Å². The molecule has 1 aliphatic heterocycles. The molecule has 6 nitrogen and oxygen atoms in total. The zero-order valence-corrected chi connectivity index (χ0v) is 14.3. The van der Waals surface area contributed by atoms with Crippen LogP contribution in [0, 0.1) is 10.1 Å². The maximum Gasteiger partial charge on any atom is 0.269 e. The molecule has 1 heterocycles. The first kappa shape index (κ1) is 17.6. The predicted molar refractivity (Wildman–Crippen MR) is 96.0 cm³/mol. The van der Waals surface area contributed by atoms with E-state index in [2.05, 4.69) is 16.5 Å². The van der Waals surface area contributed by atoms with E-state index < -0.39 is 0 Å². The summed E-state index contributed by atoms with van der Waals surface area (Å²) in [5.41, 5.74) is 1.10. The van der Waals surface area contributed by atoms with Crippen molar-refractivity contribution in [2.75, 3.05) is 31.6 Å². The lowest BCUT2D eigenvalue weighted by Gasteiger charge is -2.21. The number of likely N-dealkylation sites (tertiary alicyclic amines) is 1. The van der Waals surface area contributed by atoms with Gasteiger partial charge in [0, 0.05) is 31.8 Å². The molecule has 0 spiro atoms. The van der Waals surface area contributed by atoms with Gasteiger partial charge in [-0.3, -0.25) is 10.1 Å². The van der Waals surface area contributed by atoms with Crippen molar-refractivity contribution < 1.29 is 4.92 Å². The second-order valence-electron chi connectivity index (χ2n) is 5.53. The van der Waals surface area contributed by atoms with Crippen molar-refractivity contribution in [2.45, 2.75) is 25.8 Å². The Morgan fingerprint density at radius 2 is 2.04 bits per heavy atom. The first-order valence-electron chi connectivity index (χ1n) is 7.96. The first-order chi connectivity index (χ1) is 11.2. The van der Waals surface area contributed by atoms with Gasteiger partial charge in [0.2, 0.25) is 0 Å². The summed E-state index contributed by atoms with van der Waals surface area (Å²) in [7, 11) is 0. The van der Waals surface area contributed by atoms with E-state index in [0.29, 0.717) is 6.54 Å². The summed E-state index contributed by atoms with van der Waals surface area (Å²) in [5, 5.41) is 14.1. The number of guanidine groups is 1. The summed E-state index contributed by atoms with van der Waals surface area (Å²) in [5.74, 6) is 2.10. The molecule has 1 aliphatic rings. The normalized spacial score (nSPS) is 15.0. The second kappa shape index (κ2) is 9.39. The summed E-state index contributed by atoms with van der Waals surface area (Å²) < 4.78 is 0. The largest absolute Gasteiger partial charge is 0.356 e. The zero-order valence-electron chi connectivity index (χ0n) is 13.5. The van der Waals surface area contributed by atoms with Gasteiger partial charge in [-0.25, -0.2) is 4.99 Å².